The molecule has 1 unspecified atom stereocenters. The van der Waals surface area contributed by atoms with Gasteiger partial charge in [0.2, 0.25) is 5.91 Å². The maximum Gasteiger partial charge on any atom is 0.262 e. The van der Waals surface area contributed by atoms with Crippen LogP contribution in [0.2, 0.25) is 0 Å². The molecule has 0 saturated carbocycles. The lowest BCUT2D eigenvalue weighted by atomic mass is 10.1. The Kier molecular flexibility index (Phi) is 1.85. The van der Waals surface area contributed by atoms with E-state index in [4.69, 9.17) is 5.73 Å². The van der Waals surface area contributed by atoms with E-state index in [0.29, 0.717) is 5.71 Å². The summed E-state index contributed by atoms with van der Waals surface area (Å²) < 4.78 is 0. The van der Waals surface area contributed by atoms with Gasteiger partial charge in [0.15, 0.2) is 0 Å². The van der Waals surface area contributed by atoms with Crippen molar-refractivity contribution in [2.24, 2.45) is 16.6 Å². The van der Waals surface area contributed by atoms with Crippen LogP contribution in [0.4, 0.5) is 0 Å². The summed E-state index contributed by atoms with van der Waals surface area (Å²) in [6.07, 6.45) is 3.07. The SMILES string of the molecule is CC1=NC(=O)C(C(N)=O)C=C1. The molecule has 0 aliphatic carbocycles. The normalized spacial score (nSPS) is 23.2. The number of primary amides is 1. The Balaban J connectivity index is 2.86. The molecular weight excluding hydrogens is 144 g/mol. The standard InChI is InChI=1S/C7H8N2O2/c1-4-2-3-5(6(8)10)7(11)9-4/h2-3,5H,1H3,(H2,8,10). The number of dihydropyridines is 1. The Hall–Kier alpha value is -1.45. The number of hydrogen-bond donors (Lipinski definition) is 1. The molecule has 11 heavy (non-hydrogen) atoms. The first-order valence-corrected chi connectivity index (χ1v) is 3.18. The van der Waals surface area contributed by atoms with E-state index in [0.717, 1.165) is 0 Å². The first kappa shape index (κ1) is 7.65. The fourth-order valence-electron chi connectivity index (χ4n) is 0.815. The molecule has 1 aliphatic rings. The van der Waals surface area contributed by atoms with Gasteiger partial charge in [-0.15, -0.1) is 0 Å². The van der Waals surface area contributed by atoms with Gasteiger partial charge >= 0.3 is 0 Å². The zero-order valence-corrected chi connectivity index (χ0v) is 6.07. The van der Waals surface area contributed by atoms with Crippen LogP contribution in [-0.2, 0) is 9.59 Å². The molecule has 0 aromatic carbocycles. The second kappa shape index (κ2) is 2.65. The summed E-state index contributed by atoms with van der Waals surface area (Å²) in [5.74, 6) is -1.99. The number of hydrogen-bond acceptors (Lipinski definition) is 2. The lowest BCUT2D eigenvalue weighted by Gasteiger charge is -2.07. The summed E-state index contributed by atoms with van der Waals surface area (Å²) >= 11 is 0. The number of carbonyl (C=O) groups excluding carboxylic acids is 2. The number of rotatable bonds is 1. The molecule has 58 valence electrons. The highest BCUT2D eigenvalue weighted by atomic mass is 16.2. The van der Waals surface area contributed by atoms with Crippen LogP contribution < -0.4 is 5.73 Å². The number of carbonyl (C=O) groups is 2. The molecule has 1 atom stereocenters. The predicted molar refractivity (Wildman–Crippen MR) is 39.9 cm³/mol. The topological polar surface area (TPSA) is 72.5 Å². The summed E-state index contributed by atoms with van der Waals surface area (Å²) in [5, 5.41) is 0. The minimum Gasteiger partial charge on any atom is -0.369 e. The fourth-order valence-corrected chi connectivity index (χ4v) is 0.815. The van der Waals surface area contributed by atoms with Gasteiger partial charge in [0.1, 0.15) is 5.92 Å². The molecule has 4 heteroatoms. The first-order valence-electron chi connectivity index (χ1n) is 3.18. The number of nitrogens with zero attached hydrogens (tertiary/aromatic N) is 1. The van der Waals surface area contributed by atoms with Crippen LogP contribution in [0.5, 0.6) is 0 Å². The van der Waals surface area contributed by atoms with Gasteiger partial charge in [-0.2, -0.15) is 0 Å². The second-order valence-corrected chi connectivity index (χ2v) is 2.33. The van der Waals surface area contributed by atoms with Crippen LogP contribution in [0.1, 0.15) is 6.92 Å². The third-order valence-electron chi connectivity index (χ3n) is 1.39. The third-order valence-corrected chi connectivity index (χ3v) is 1.39. The van der Waals surface area contributed by atoms with Crippen LogP contribution in [0, 0.1) is 5.92 Å². The minimum atomic E-state index is -0.862. The minimum absolute atomic E-state index is 0.475. The van der Waals surface area contributed by atoms with E-state index >= 15 is 0 Å². The monoisotopic (exact) mass is 152 g/mol. The number of aliphatic imine (C=N–C) groups is 1. The van der Waals surface area contributed by atoms with Gasteiger partial charge < -0.3 is 5.73 Å². The van der Waals surface area contributed by atoms with E-state index < -0.39 is 17.7 Å². The number of amides is 2. The van der Waals surface area contributed by atoms with Crippen molar-refractivity contribution in [1.82, 2.24) is 0 Å². The smallest absolute Gasteiger partial charge is 0.262 e. The van der Waals surface area contributed by atoms with E-state index in [9.17, 15) is 9.59 Å². The van der Waals surface area contributed by atoms with Crippen LogP contribution in [0.3, 0.4) is 0 Å². The van der Waals surface area contributed by atoms with Crippen molar-refractivity contribution in [3.63, 3.8) is 0 Å². The van der Waals surface area contributed by atoms with Crippen molar-refractivity contribution in [3.8, 4) is 0 Å². The van der Waals surface area contributed by atoms with Crippen LogP contribution in [-0.4, -0.2) is 17.5 Å². The molecule has 1 aliphatic heterocycles. The summed E-state index contributed by atoms with van der Waals surface area (Å²) in [7, 11) is 0. The highest BCUT2D eigenvalue weighted by molar-refractivity contribution is 6.11. The van der Waals surface area contributed by atoms with Gasteiger partial charge in [0.05, 0.1) is 0 Å². The molecule has 0 spiro atoms. The van der Waals surface area contributed by atoms with E-state index in [1.54, 1.807) is 13.0 Å². The largest absolute Gasteiger partial charge is 0.369 e. The molecular formula is C7H8N2O2. The van der Waals surface area contributed by atoms with Crippen LogP contribution >= 0.6 is 0 Å². The Labute approximate surface area is 63.8 Å². The second-order valence-electron chi connectivity index (χ2n) is 2.33. The van der Waals surface area contributed by atoms with Gasteiger partial charge in [-0.3, -0.25) is 9.59 Å². The maximum absolute atomic E-state index is 10.9. The highest BCUT2D eigenvalue weighted by Gasteiger charge is 2.22. The maximum atomic E-state index is 10.9. The summed E-state index contributed by atoms with van der Waals surface area (Å²) in [5.41, 5.74) is 5.53. The number of nitrogens with two attached hydrogens (primary N) is 1. The molecule has 1 heterocycles. The average molecular weight is 152 g/mol. The lowest BCUT2D eigenvalue weighted by molar-refractivity contribution is -0.129. The first-order chi connectivity index (χ1) is 5.11. The van der Waals surface area contributed by atoms with Gasteiger partial charge in [-0.1, -0.05) is 6.08 Å². The lowest BCUT2D eigenvalue weighted by Crippen LogP contribution is -2.29. The molecule has 1 rings (SSSR count). The third kappa shape index (κ3) is 1.52. The van der Waals surface area contributed by atoms with Gasteiger partial charge in [-0.05, 0) is 13.0 Å². The van der Waals surface area contributed by atoms with Crippen molar-refractivity contribution in [1.29, 1.82) is 0 Å². The van der Waals surface area contributed by atoms with E-state index in [2.05, 4.69) is 4.99 Å². The fraction of sp³-hybridized carbons (Fsp3) is 0.286. The summed E-state index contributed by atoms with van der Waals surface area (Å²) in [6.45, 7) is 1.69. The van der Waals surface area contributed by atoms with Gasteiger partial charge in [0, 0.05) is 5.71 Å². The zero-order chi connectivity index (χ0) is 8.43. The van der Waals surface area contributed by atoms with Crippen LogP contribution in [0.25, 0.3) is 0 Å². The van der Waals surface area contributed by atoms with Crippen molar-refractivity contribution in [2.45, 2.75) is 6.92 Å². The van der Waals surface area contributed by atoms with E-state index in [1.165, 1.54) is 6.08 Å². The van der Waals surface area contributed by atoms with Crippen molar-refractivity contribution >= 4 is 17.5 Å². The molecule has 0 bridgehead atoms. The molecule has 2 N–H and O–H groups in total. The summed E-state index contributed by atoms with van der Waals surface area (Å²) in [4.78, 5) is 25.0. The molecule has 0 aromatic rings. The number of allylic oxidation sites excluding steroid dienone is 1. The Bertz CT molecular complexity index is 266. The molecule has 0 fully saturated rings. The van der Waals surface area contributed by atoms with Crippen molar-refractivity contribution in [3.05, 3.63) is 12.2 Å². The van der Waals surface area contributed by atoms with E-state index in [-0.39, 0.29) is 0 Å². The van der Waals surface area contributed by atoms with Gasteiger partial charge in [-0.25, -0.2) is 4.99 Å². The molecule has 0 saturated heterocycles. The highest BCUT2D eigenvalue weighted by Crippen LogP contribution is 2.06. The average Bonchev–Trinajstić information content (AvgIpc) is 1.85. The Morgan fingerprint density at radius 3 is 2.82 bits per heavy atom. The van der Waals surface area contributed by atoms with Gasteiger partial charge in [0.25, 0.3) is 5.91 Å². The quantitative estimate of drug-likeness (QED) is 0.521. The van der Waals surface area contributed by atoms with E-state index in [1.807, 2.05) is 0 Å². The van der Waals surface area contributed by atoms with Crippen molar-refractivity contribution < 1.29 is 9.59 Å². The molecule has 4 nitrogen and oxygen atoms in total. The predicted octanol–water partition coefficient (Wildman–Crippen LogP) is -0.355. The van der Waals surface area contributed by atoms with Crippen LogP contribution in [0.15, 0.2) is 17.1 Å². The Morgan fingerprint density at radius 1 is 1.73 bits per heavy atom. The molecule has 2 amide bonds. The zero-order valence-electron chi connectivity index (χ0n) is 6.07. The Morgan fingerprint density at radius 2 is 2.36 bits per heavy atom. The van der Waals surface area contributed by atoms with Crippen molar-refractivity contribution in [2.75, 3.05) is 0 Å². The molecule has 0 aromatic heterocycles. The summed E-state index contributed by atoms with van der Waals surface area (Å²) in [6, 6.07) is 0. The molecule has 0 radical (unpaired) electrons.